The molecule has 1 fully saturated rings. The number of hydrogen-bond acceptors (Lipinski definition) is 3. The van der Waals surface area contributed by atoms with Crippen LogP contribution in [0.1, 0.15) is 15.4 Å². The molecule has 1 aliphatic rings. The number of para-hydroxylation sites is 1. The molecule has 0 radical (unpaired) electrons. The number of carbonyl (C=O) groups is 1. The van der Waals surface area contributed by atoms with Gasteiger partial charge in [0.2, 0.25) is 0 Å². The summed E-state index contributed by atoms with van der Waals surface area (Å²) < 4.78 is 2.24. The van der Waals surface area contributed by atoms with Crippen LogP contribution in [0.15, 0.2) is 42.5 Å². The van der Waals surface area contributed by atoms with E-state index in [0.717, 1.165) is 36.1 Å². The lowest BCUT2D eigenvalue weighted by Crippen LogP contribution is -2.46. The lowest BCUT2D eigenvalue weighted by molar-refractivity contribution is 0.0669. The average molecular weight is 339 g/mol. The van der Waals surface area contributed by atoms with Crippen LogP contribution in [0.25, 0.3) is 15.9 Å². The Balaban J connectivity index is 1.65. The van der Waals surface area contributed by atoms with Crippen molar-refractivity contribution in [3.63, 3.8) is 0 Å². The molecule has 3 heterocycles. The van der Waals surface area contributed by atoms with Gasteiger partial charge in [0.05, 0.1) is 10.4 Å². The highest BCUT2D eigenvalue weighted by Crippen LogP contribution is 2.29. The minimum absolute atomic E-state index is 0.161. The van der Waals surface area contributed by atoms with E-state index in [4.69, 9.17) is 0 Å². The van der Waals surface area contributed by atoms with Gasteiger partial charge >= 0.3 is 0 Å². The van der Waals surface area contributed by atoms with E-state index in [1.54, 1.807) is 11.3 Å². The van der Waals surface area contributed by atoms with Gasteiger partial charge in [-0.2, -0.15) is 0 Å². The summed E-state index contributed by atoms with van der Waals surface area (Å²) in [4.78, 5) is 17.8. The molecule has 1 aliphatic heterocycles. The van der Waals surface area contributed by atoms with Gasteiger partial charge in [0.15, 0.2) is 0 Å². The van der Waals surface area contributed by atoms with Crippen molar-refractivity contribution in [2.45, 2.75) is 6.92 Å². The van der Waals surface area contributed by atoms with Crippen LogP contribution in [-0.2, 0) is 0 Å². The fourth-order valence-corrected chi connectivity index (χ4v) is 4.36. The summed E-state index contributed by atoms with van der Waals surface area (Å²) in [5, 5.41) is 2.33. The van der Waals surface area contributed by atoms with E-state index in [0.29, 0.717) is 0 Å². The molecule has 5 heteroatoms. The highest BCUT2D eigenvalue weighted by Gasteiger charge is 2.22. The molecule has 2 aromatic heterocycles. The summed E-state index contributed by atoms with van der Waals surface area (Å²) in [6.07, 6.45) is 0. The summed E-state index contributed by atoms with van der Waals surface area (Å²) in [5.41, 5.74) is 2.38. The van der Waals surface area contributed by atoms with Gasteiger partial charge in [-0.05, 0) is 38.2 Å². The lowest BCUT2D eigenvalue weighted by atomic mass is 10.2. The van der Waals surface area contributed by atoms with Gasteiger partial charge in [-0.3, -0.25) is 4.79 Å². The molecule has 0 aliphatic carbocycles. The van der Waals surface area contributed by atoms with Crippen molar-refractivity contribution < 1.29 is 4.79 Å². The second kappa shape index (κ2) is 6.07. The molecule has 0 spiro atoms. The quantitative estimate of drug-likeness (QED) is 0.716. The monoisotopic (exact) mass is 339 g/mol. The molecule has 1 aromatic carbocycles. The molecule has 0 atom stereocenters. The first-order valence-electron chi connectivity index (χ1n) is 8.28. The Labute approximate surface area is 145 Å². The number of aromatic nitrogens is 1. The van der Waals surface area contributed by atoms with E-state index in [-0.39, 0.29) is 5.91 Å². The second-order valence-electron chi connectivity index (χ2n) is 6.41. The largest absolute Gasteiger partial charge is 0.335 e. The van der Waals surface area contributed by atoms with Crippen molar-refractivity contribution in [3.8, 4) is 5.00 Å². The standard InChI is InChI=1S/C19H21N3OS/c1-14-13-15-5-3-4-6-16(15)22(14)18-8-7-17(24-18)19(23)21-11-9-20(2)10-12-21/h3-8,13H,9-12H2,1-2H3. The Morgan fingerprint density at radius 2 is 1.79 bits per heavy atom. The third kappa shape index (κ3) is 2.64. The first kappa shape index (κ1) is 15.4. The summed E-state index contributed by atoms with van der Waals surface area (Å²) in [5.74, 6) is 0.161. The molecule has 124 valence electrons. The topological polar surface area (TPSA) is 28.5 Å². The molecule has 4 nitrogen and oxygen atoms in total. The predicted octanol–water partition coefficient (Wildman–Crippen LogP) is 3.39. The smallest absolute Gasteiger partial charge is 0.264 e. The molecule has 1 amide bonds. The van der Waals surface area contributed by atoms with E-state index in [2.05, 4.69) is 59.8 Å². The van der Waals surface area contributed by atoms with Crippen molar-refractivity contribution >= 4 is 28.1 Å². The van der Waals surface area contributed by atoms with Gasteiger partial charge in [0.1, 0.15) is 5.00 Å². The summed E-state index contributed by atoms with van der Waals surface area (Å²) in [7, 11) is 2.10. The van der Waals surface area contributed by atoms with Crippen LogP contribution in [-0.4, -0.2) is 53.5 Å². The summed E-state index contributed by atoms with van der Waals surface area (Å²) in [6.45, 7) is 5.64. The fraction of sp³-hybridized carbons (Fsp3) is 0.316. The maximum atomic E-state index is 12.7. The number of amides is 1. The Bertz CT molecular complexity index is 887. The van der Waals surface area contributed by atoms with Crippen LogP contribution in [0.2, 0.25) is 0 Å². The zero-order chi connectivity index (χ0) is 16.7. The van der Waals surface area contributed by atoms with Crippen molar-refractivity contribution in [1.82, 2.24) is 14.4 Å². The van der Waals surface area contributed by atoms with Crippen molar-refractivity contribution in [1.29, 1.82) is 0 Å². The second-order valence-corrected chi connectivity index (χ2v) is 7.48. The molecule has 1 saturated heterocycles. The lowest BCUT2D eigenvalue weighted by Gasteiger charge is -2.32. The number of fused-ring (bicyclic) bond motifs is 1. The molecular formula is C19H21N3OS. The fourth-order valence-electron chi connectivity index (χ4n) is 3.31. The highest BCUT2D eigenvalue weighted by atomic mass is 32.1. The zero-order valence-electron chi connectivity index (χ0n) is 14.0. The van der Waals surface area contributed by atoms with Gasteiger partial charge in [0, 0.05) is 37.3 Å². The molecule has 0 saturated carbocycles. The van der Waals surface area contributed by atoms with Crippen LogP contribution < -0.4 is 0 Å². The van der Waals surface area contributed by atoms with Crippen molar-refractivity contribution in [3.05, 3.63) is 53.0 Å². The van der Waals surface area contributed by atoms with Gasteiger partial charge < -0.3 is 14.4 Å². The van der Waals surface area contributed by atoms with Crippen molar-refractivity contribution in [2.24, 2.45) is 0 Å². The normalized spacial score (nSPS) is 16.0. The summed E-state index contributed by atoms with van der Waals surface area (Å²) >= 11 is 1.58. The number of rotatable bonds is 2. The SMILES string of the molecule is Cc1cc2ccccc2n1-c1ccc(C(=O)N2CCN(C)CC2)s1. The number of benzene rings is 1. The van der Waals surface area contributed by atoms with E-state index >= 15 is 0 Å². The van der Waals surface area contributed by atoms with Crippen molar-refractivity contribution in [2.75, 3.05) is 33.2 Å². The van der Waals surface area contributed by atoms with E-state index in [1.165, 1.54) is 16.6 Å². The van der Waals surface area contributed by atoms with Gasteiger partial charge in [-0.1, -0.05) is 18.2 Å². The van der Waals surface area contributed by atoms with Crippen LogP contribution in [0.3, 0.4) is 0 Å². The van der Waals surface area contributed by atoms with Gasteiger partial charge in [0.25, 0.3) is 5.91 Å². The number of carbonyl (C=O) groups excluding carboxylic acids is 1. The van der Waals surface area contributed by atoms with Gasteiger partial charge in [-0.25, -0.2) is 0 Å². The first-order chi connectivity index (χ1) is 11.6. The molecule has 0 bridgehead atoms. The average Bonchev–Trinajstić information content (AvgIpc) is 3.18. The molecular weight excluding hydrogens is 318 g/mol. The Morgan fingerprint density at radius 1 is 1.04 bits per heavy atom. The number of nitrogens with zero attached hydrogens (tertiary/aromatic N) is 3. The van der Waals surface area contributed by atoms with Crippen LogP contribution in [0.5, 0.6) is 0 Å². The Morgan fingerprint density at radius 3 is 2.58 bits per heavy atom. The molecule has 0 N–H and O–H groups in total. The minimum atomic E-state index is 0.161. The molecule has 24 heavy (non-hydrogen) atoms. The molecule has 4 rings (SSSR count). The van der Waals surface area contributed by atoms with Crippen LogP contribution in [0, 0.1) is 6.92 Å². The van der Waals surface area contributed by atoms with E-state index in [9.17, 15) is 4.79 Å². The number of piperazine rings is 1. The first-order valence-corrected chi connectivity index (χ1v) is 9.10. The highest BCUT2D eigenvalue weighted by molar-refractivity contribution is 7.16. The Kier molecular flexibility index (Phi) is 3.90. The van der Waals surface area contributed by atoms with Gasteiger partial charge in [-0.15, -0.1) is 11.3 Å². The van der Waals surface area contributed by atoms with E-state index < -0.39 is 0 Å². The number of aryl methyl sites for hydroxylation is 1. The zero-order valence-corrected chi connectivity index (χ0v) is 14.8. The van der Waals surface area contributed by atoms with E-state index in [1.807, 2.05) is 11.0 Å². The predicted molar refractivity (Wildman–Crippen MR) is 99.3 cm³/mol. The maximum absolute atomic E-state index is 12.7. The molecule has 0 unspecified atom stereocenters. The van der Waals surface area contributed by atoms with Crippen LogP contribution in [0.4, 0.5) is 0 Å². The third-order valence-corrected chi connectivity index (χ3v) is 5.77. The van der Waals surface area contributed by atoms with Crippen LogP contribution >= 0.6 is 11.3 Å². The molecule has 3 aromatic rings. The minimum Gasteiger partial charge on any atom is -0.335 e. The third-order valence-electron chi connectivity index (χ3n) is 4.71. The maximum Gasteiger partial charge on any atom is 0.264 e. The number of likely N-dealkylation sites (N-methyl/N-ethyl adjacent to an activating group) is 1. The summed E-state index contributed by atoms with van der Waals surface area (Å²) in [6, 6.07) is 14.6. The Hall–Kier alpha value is -2.11. The number of thiophene rings is 1. The number of hydrogen-bond donors (Lipinski definition) is 0.